The van der Waals surface area contributed by atoms with Crippen molar-refractivity contribution in [2.75, 3.05) is 6.54 Å². The molecule has 1 heterocycles. The quantitative estimate of drug-likeness (QED) is 0.852. The number of nitrogens with zero attached hydrogens (tertiary/aromatic N) is 1. The van der Waals surface area contributed by atoms with Crippen LogP contribution < -0.4 is 5.32 Å². The molecule has 1 saturated carbocycles. The molecule has 1 fully saturated rings. The molecular formula is C13H22N2S. The molecule has 0 saturated heterocycles. The summed E-state index contributed by atoms with van der Waals surface area (Å²) in [4.78, 5) is 5.72. The van der Waals surface area contributed by atoms with Gasteiger partial charge < -0.3 is 5.32 Å². The number of aryl methyl sites for hydroxylation is 1. The number of hydrogen-bond donors (Lipinski definition) is 1. The van der Waals surface area contributed by atoms with Crippen LogP contribution in [-0.2, 0) is 6.42 Å². The van der Waals surface area contributed by atoms with Crippen molar-refractivity contribution in [3.8, 4) is 0 Å². The van der Waals surface area contributed by atoms with Gasteiger partial charge in [0.15, 0.2) is 0 Å². The van der Waals surface area contributed by atoms with Gasteiger partial charge in [0.2, 0.25) is 0 Å². The van der Waals surface area contributed by atoms with Gasteiger partial charge in [0.1, 0.15) is 0 Å². The van der Waals surface area contributed by atoms with E-state index in [1.54, 1.807) is 11.3 Å². The Bertz CT molecular complexity index is 315. The minimum Gasteiger partial charge on any atom is -0.314 e. The van der Waals surface area contributed by atoms with Gasteiger partial charge in [-0.25, -0.2) is 4.98 Å². The van der Waals surface area contributed by atoms with E-state index in [4.69, 9.17) is 0 Å². The number of thiazole rings is 1. The topological polar surface area (TPSA) is 24.9 Å². The molecule has 0 spiro atoms. The normalized spacial score (nSPS) is 19.1. The second kappa shape index (κ2) is 5.78. The van der Waals surface area contributed by atoms with Crippen molar-refractivity contribution in [1.82, 2.24) is 10.3 Å². The van der Waals surface area contributed by atoms with Crippen LogP contribution >= 0.6 is 11.3 Å². The van der Waals surface area contributed by atoms with Crippen LogP contribution in [0.25, 0.3) is 0 Å². The first-order valence-electron chi connectivity index (χ1n) is 6.39. The SMILES string of the molecule is Cc1ncsc1CCNC(C)C1CCCC1. The van der Waals surface area contributed by atoms with E-state index in [2.05, 4.69) is 24.1 Å². The van der Waals surface area contributed by atoms with Crippen LogP contribution in [0.15, 0.2) is 5.51 Å². The minimum atomic E-state index is 0.690. The Morgan fingerprint density at radius 2 is 2.25 bits per heavy atom. The summed E-state index contributed by atoms with van der Waals surface area (Å²) in [5.41, 5.74) is 3.16. The molecule has 1 aromatic rings. The van der Waals surface area contributed by atoms with Crippen molar-refractivity contribution in [3.63, 3.8) is 0 Å². The summed E-state index contributed by atoms with van der Waals surface area (Å²) in [6, 6.07) is 0.690. The fraction of sp³-hybridized carbons (Fsp3) is 0.769. The second-order valence-electron chi connectivity index (χ2n) is 4.90. The molecule has 0 aromatic carbocycles. The summed E-state index contributed by atoms with van der Waals surface area (Å²) in [5, 5.41) is 3.67. The number of aromatic nitrogens is 1. The molecule has 0 bridgehead atoms. The van der Waals surface area contributed by atoms with Crippen molar-refractivity contribution >= 4 is 11.3 Å². The van der Waals surface area contributed by atoms with E-state index in [1.807, 2.05) is 5.51 Å². The second-order valence-corrected chi connectivity index (χ2v) is 5.84. The van der Waals surface area contributed by atoms with Crippen molar-refractivity contribution in [3.05, 3.63) is 16.1 Å². The maximum atomic E-state index is 4.28. The van der Waals surface area contributed by atoms with Gasteiger partial charge in [0.05, 0.1) is 11.2 Å². The van der Waals surface area contributed by atoms with E-state index in [9.17, 15) is 0 Å². The summed E-state index contributed by atoms with van der Waals surface area (Å²) < 4.78 is 0. The van der Waals surface area contributed by atoms with Crippen molar-refractivity contribution < 1.29 is 0 Å². The summed E-state index contributed by atoms with van der Waals surface area (Å²) >= 11 is 1.78. The molecule has 2 rings (SSSR count). The first-order chi connectivity index (χ1) is 7.77. The number of nitrogens with one attached hydrogen (secondary N) is 1. The van der Waals surface area contributed by atoms with Gasteiger partial charge in [0, 0.05) is 17.5 Å². The first-order valence-corrected chi connectivity index (χ1v) is 7.27. The van der Waals surface area contributed by atoms with Gasteiger partial charge in [-0.15, -0.1) is 11.3 Å². The molecule has 1 aromatic heterocycles. The lowest BCUT2D eigenvalue weighted by atomic mass is 10.00. The zero-order chi connectivity index (χ0) is 11.4. The van der Waals surface area contributed by atoms with Crippen LogP contribution in [0.4, 0.5) is 0 Å². The predicted octanol–water partition coefficient (Wildman–Crippen LogP) is 3.16. The highest BCUT2D eigenvalue weighted by atomic mass is 32.1. The van der Waals surface area contributed by atoms with Gasteiger partial charge in [-0.05, 0) is 39.0 Å². The maximum absolute atomic E-state index is 4.28. The van der Waals surface area contributed by atoms with Crippen LogP contribution in [0.3, 0.4) is 0 Å². The minimum absolute atomic E-state index is 0.690. The molecule has 1 aliphatic rings. The van der Waals surface area contributed by atoms with Gasteiger partial charge in [-0.2, -0.15) is 0 Å². The zero-order valence-electron chi connectivity index (χ0n) is 10.3. The Labute approximate surface area is 102 Å². The van der Waals surface area contributed by atoms with Crippen LogP contribution in [-0.4, -0.2) is 17.6 Å². The molecule has 1 N–H and O–H groups in total. The Morgan fingerprint density at radius 1 is 1.50 bits per heavy atom. The summed E-state index contributed by atoms with van der Waals surface area (Å²) in [7, 11) is 0. The molecule has 0 aliphatic heterocycles. The largest absolute Gasteiger partial charge is 0.314 e. The van der Waals surface area contributed by atoms with Crippen molar-refractivity contribution in [2.24, 2.45) is 5.92 Å². The van der Waals surface area contributed by atoms with E-state index in [1.165, 1.54) is 36.3 Å². The van der Waals surface area contributed by atoms with Crippen LogP contribution in [0.2, 0.25) is 0 Å². The zero-order valence-corrected chi connectivity index (χ0v) is 11.1. The highest BCUT2D eigenvalue weighted by molar-refractivity contribution is 7.09. The van der Waals surface area contributed by atoms with E-state index in [0.717, 1.165) is 18.9 Å². The summed E-state index contributed by atoms with van der Waals surface area (Å²) in [6.45, 7) is 5.54. The molecule has 1 atom stereocenters. The highest BCUT2D eigenvalue weighted by Gasteiger charge is 2.20. The third-order valence-electron chi connectivity index (χ3n) is 3.77. The van der Waals surface area contributed by atoms with Crippen LogP contribution in [0.1, 0.15) is 43.2 Å². The molecule has 16 heavy (non-hydrogen) atoms. The fourth-order valence-electron chi connectivity index (χ4n) is 2.60. The predicted molar refractivity (Wildman–Crippen MR) is 70.0 cm³/mol. The smallest absolute Gasteiger partial charge is 0.0797 e. The Balaban J connectivity index is 1.69. The number of rotatable bonds is 5. The van der Waals surface area contributed by atoms with E-state index in [-0.39, 0.29) is 0 Å². The van der Waals surface area contributed by atoms with Gasteiger partial charge >= 0.3 is 0 Å². The average Bonchev–Trinajstić information content (AvgIpc) is 2.90. The van der Waals surface area contributed by atoms with E-state index >= 15 is 0 Å². The molecular weight excluding hydrogens is 216 g/mol. The third kappa shape index (κ3) is 3.05. The van der Waals surface area contributed by atoms with Crippen LogP contribution in [0.5, 0.6) is 0 Å². The molecule has 2 nitrogen and oxygen atoms in total. The molecule has 3 heteroatoms. The average molecular weight is 238 g/mol. The Kier molecular flexibility index (Phi) is 4.36. The monoisotopic (exact) mass is 238 g/mol. The van der Waals surface area contributed by atoms with Crippen molar-refractivity contribution in [2.45, 2.75) is 52.0 Å². The lowest BCUT2D eigenvalue weighted by molar-refractivity contribution is 0.384. The standard InChI is InChI=1S/C13H22N2S/c1-10(12-5-3-4-6-12)14-8-7-13-11(2)15-9-16-13/h9-10,12,14H,3-8H2,1-2H3. The van der Waals surface area contributed by atoms with Gasteiger partial charge in [0.25, 0.3) is 0 Å². The Hall–Kier alpha value is -0.410. The molecule has 1 unspecified atom stereocenters. The molecule has 1 aliphatic carbocycles. The third-order valence-corrected chi connectivity index (χ3v) is 4.77. The Morgan fingerprint density at radius 3 is 2.88 bits per heavy atom. The van der Waals surface area contributed by atoms with Gasteiger partial charge in [-0.1, -0.05) is 12.8 Å². The lowest BCUT2D eigenvalue weighted by Gasteiger charge is -2.20. The summed E-state index contributed by atoms with van der Waals surface area (Å²) in [5.74, 6) is 0.919. The molecule has 0 amide bonds. The molecule has 90 valence electrons. The van der Waals surface area contributed by atoms with E-state index < -0.39 is 0 Å². The van der Waals surface area contributed by atoms with E-state index in [0.29, 0.717) is 6.04 Å². The highest BCUT2D eigenvalue weighted by Crippen LogP contribution is 2.27. The van der Waals surface area contributed by atoms with Gasteiger partial charge in [-0.3, -0.25) is 0 Å². The lowest BCUT2D eigenvalue weighted by Crippen LogP contribution is -2.33. The summed E-state index contributed by atoms with van der Waals surface area (Å²) in [6.07, 6.45) is 6.85. The van der Waals surface area contributed by atoms with Crippen LogP contribution in [0, 0.1) is 12.8 Å². The maximum Gasteiger partial charge on any atom is 0.0797 e. The first kappa shape index (κ1) is 12.1. The fourth-order valence-corrected chi connectivity index (χ4v) is 3.38. The van der Waals surface area contributed by atoms with Crippen molar-refractivity contribution in [1.29, 1.82) is 0 Å². The molecule has 0 radical (unpaired) electrons. The number of hydrogen-bond acceptors (Lipinski definition) is 3.